The van der Waals surface area contributed by atoms with Gasteiger partial charge in [-0.3, -0.25) is 0 Å². The van der Waals surface area contributed by atoms with E-state index in [-0.39, 0.29) is 0 Å². The van der Waals surface area contributed by atoms with E-state index in [0.717, 1.165) is 12.8 Å². The lowest BCUT2D eigenvalue weighted by Crippen LogP contribution is -2.50. The van der Waals surface area contributed by atoms with Crippen molar-refractivity contribution in [2.24, 2.45) is 5.73 Å². The zero-order valence-electron chi connectivity index (χ0n) is 5.02. The molecule has 2 N–H and O–H groups in total. The number of nitriles is 1. The molecule has 1 fully saturated rings. The van der Waals surface area contributed by atoms with Gasteiger partial charge in [-0.05, 0) is 12.2 Å². The summed E-state index contributed by atoms with van der Waals surface area (Å²) < 4.78 is 0. The predicted molar refractivity (Wildman–Crippen MR) is 34.1 cm³/mol. The Morgan fingerprint density at radius 1 is 1.88 bits per heavy atom. The summed E-state index contributed by atoms with van der Waals surface area (Å²) in [5, 5.41) is 8.44. The van der Waals surface area contributed by atoms with E-state index in [2.05, 4.69) is 6.07 Å². The van der Waals surface area contributed by atoms with Gasteiger partial charge in [-0.2, -0.15) is 5.26 Å². The summed E-state index contributed by atoms with van der Waals surface area (Å²) in [7, 11) is 2.02. The van der Waals surface area contributed by atoms with Crippen LogP contribution in [-0.4, -0.2) is 13.4 Å². The summed E-state index contributed by atoms with van der Waals surface area (Å²) in [6.07, 6.45) is 1.99. The molecule has 1 aliphatic rings. The lowest BCUT2D eigenvalue weighted by molar-refractivity contribution is 0.328. The predicted octanol–water partition coefficient (Wildman–Crippen LogP) is -0.577. The summed E-state index contributed by atoms with van der Waals surface area (Å²) in [6, 6.07) is 2.11. The zero-order valence-corrected chi connectivity index (χ0v) is 5.02. The normalized spacial score (nSPS) is 44.8. The molecule has 0 aromatic rings. The molecular weight excluding hydrogens is 98.9 g/mol. The van der Waals surface area contributed by atoms with Crippen LogP contribution in [0.5, 0.6) is 0 Å². The van der Waals surface area contributed by atoms with Gasteiger partial charge in [0.25, 0.3) is 0 Å². The van der Waals surface area contributed by atoms with Crippen LogP contribution in [0.2, 0.25) is 5.82 Å². The molecule has 3 heteroatoms. The second kappa shape index (κ2) is 1.49. The first-order chi connectivity index (χ1) is 3.69. The van der Waals surface area contributed by atoms with Gasteiger partial charge in [0.05, 0.1) is 11.6 Å². The van der Waals surface area contributed by atoms with Gasteiger partial charge in [-0.25, -0.2) is 0 Å². The van der Waals surface area contributed by atoms with Crippen molar-refractivity contribution in [2.45, 2.75) is 24.2 Å². The topological polar surface area (TPSA) is 49.8 Å². The van der Waals surface area contributed by atoms with Crippen molar-refractivity contribution in [2.75, 3.05) is 0 Å². The molecule has 1 saturated carbocycles. The van der Waals surface area contributed by atoms with Gasteiger partial charge in [-0.1, -0.05) is 6.42 Å². The molecule has 0 heterocycles. The minimum absolute atomic E-state index is 0.410. The Morgan fingerprint density at radius 2 is 2.50 bits per heavy atom. The van der Waals surface area contributed by atoms with Crippen LogP contribution >= 0.6 is 0 Å². The van der Waals surface area contributed by atoms with Crippen molar-refractivity contribution in [3.8, 4) is 6.07 Å². The van der Waals surface area contributed by atoms with Crippen molar-refractivity contribution in [1.29, 1.82) is 5.26 Å². The van der Waals surface area contributed by atoms with Gasteiger partial charge in [0, 0.05) is 0 Å². The summed E-state index contributed by atoms with van der Waals surface area (Å²) >= 11 is 0. The fraction of sp³-hybridized carbons (Fsp3) is 0.800. The Labute approximate surface area is 50.1 Å². The molecule has 0 amide bonds. The Kier molecular flexibility index (Phi) is 1.06. The van der Waals surface area contributed by atoms with E-state index < -0.39 is 5.54 Å². The summed E-state index contributed by atoms with van der Waals surface area (Å²) in [4.78, 5) is 0. The molecule has 0 saturated heterocycles. The molecule has 2 nitrogen and oxygen atoms in total. The number of hydrogen-bond acceptors (Lipinski definition) is 2. The largest absolute Gasteiger partial charge is 0.314 e. The summed E-state index contributed by atoms with van der Waals surface area (Å²) in [5.74, 6) is 0.410. The highest BCUT2D eigenvalue weighted by Crippen LogP contribution is 2.38. The van der Waals surface area contributed by atoms with Gasteiger partial charge >= 0.3 is 0 Å². The minimum atomic E-state index is -0.472. The summed E-state index contributed by atoms with van der Waals surface area (Å²) in [5.41, 5.74) is 5.11. The van der Waals surface area contributed by atoms with E-state index in [4.69, 9.17) is 11.0 Å². The van der Waals surface area contributed by atoms with Crippen molar-refractivity contribution in [1.82, 2.24) is 0 Å². The molecule has 0 aromatic heterocycles. The van der Waals surface area contributed by atoms with E-state index in [9.17, 15) is 0 Å². The molecule has 0 spiro atoms. The third-order valence-corrected chi connectivity index (χ3v) is 2.08. The fourth-order valence-corrected chi connectivity index (χ4v) is 0.910. The molecule has 42 valence electrons. The number of rotatable bonds is 0. The van der Waals surface area contributed by atoms with Gasteiger partial charge < -0.3 is 5.73 Å². The highest BCUT2D eigenvalue weighted by molar-refractivity contribution is 6.13. The minimum Gasteiger partial charge on any atom is -0.314 e. The first-order valence-electron chi connectivity index (χ1n) is 2.89. The third-order valence-electron chi connectivity index (χ3n) is 2.08. The maximum atomic E-state index is 8.44. The molecule has 0 bridgehead atoms. The number of nitrogens with zero attached hydrogens (tertiary/aromatic N) is 1. The first-order valence-corrected chi connectivity index (χ1v) is 2.89. The maximum absolute atomic E-state index is 8.44. The Hall–Kier alpha value is -0.485. The SMILES string of the molecule is B[C@H]1CC[C@]1(N)C#N. The average molecular weight is 108 g/mol. The average Bonchev–Trinajstić information content (AvgIpc) is 1.83. The van der Waals surface area contributed by atoms with Crippen LogP contribution in [0.25, 0.3) is 0 Å². The Bertz CT molecular complexity index is 140. The number of hydrogen-bond donors (Lipinski definition) is 1. The second-order valence-electron chi connectivity index (χ2n) is 2.59. The van der Waals surface area contributed by atoms with Crippen molar-refractivity contribution in [3.63, 3.8) is 0 Å². The van der Waals surface area contributed by atoms with Crippen molar-refractivity contribution >= 4 is 7.85 Å². The van der Waals surface area contributed by atoms with Crippen molar-refractivity contribution < 1.29 is 0 Å². The summed E-state index contributed by atoms with van der Waals surface area (Å²) in [6.45, 7) is 0. The molecule has 0 radical (unpaired) electrons. The maximum Gasteiger partial charge on any atom is 0.109 e. The molecule has 1 rings (SSSR count). The smallest absolute Gasteiger partial charge is 0.109 e. The van der Waals surface area contributed by atoms with Gasteiger partial charge in [0.15, 0.2) is 0 Å². The molecule has 2 atom stereocenters. The molecular formula is C5H9BN2. The van der Waals surface area contributed by atoms with Crippen LogP contribution in [0.3, 0.4) is 0 Å². The standard InChI is InChI=1S/C5H9BN2/c6-4-1-2-5(4,8)3-7/h4H,1-2,6,8H2/t4-,5-/m0/s1. The molecule has 8 heavy (non-hydrogen) atoms. The Morgan fingerprint density at radius 3 is 2.50 bits per heavy atom. The highest BCUT2D eigenvalue weighted by Gasteiger charge is 2.40. The van der Waals surface area contributed by atoms with E-state index in [0.29, 0.717) is 5.82 Å². The van der Waals surface area contributed by atoms with E-state index in [1.807, 2.05) is 7.85 Å². The van der Waals surface area contributed by atoms with Crippen LogP contribution in [0.4, 0.5) is 0 Å². The fourth-order valence-electron chi connectivity index (χ4n) is 0.910. The van der Waals surface area contributed by atoms with Gasteiger partial charge in [-0.15, -0.1) is 0 Å². The van der Waals surface area contributed by atoms with Crippen LogP contribution < -0.4 is 5.73 Å². The Balaban J connectivity index is 2.59. The van der Waals surface area contributed by atoms with E-state index in [1.54, 1.807) is 0 Å². The van der Waals surface area contributed by atoms with Crippen molar-refractivity contribution in [3.05, 3.63) is 0 Å². The third kappa shape index (κ3) is 0.534. The van der Waals surface area contributed by atoms with Gasteiger partial charge in [0.1, 0.15) is 7.85 Å². The lowest BCUT2D eigenvalue weighted by Gasteiger charge is -2.38. The molecule has 0 aliphatic heterocycles. The number of nitrogens with two attached hydrogens (primary N) is 1. The van der Waals surface area contributed by atoms with Gasteiger partial charge in [0.2, 0.25) is 0 Å². The zero-order chi connectivity index (χ0) is 6.20. The molecule has 1 aliphatic carbocycles. The quantitative estimate of drug-likeness (QED) is 0.422. The monoisotopic (exact) mass is 108 g/mol. The first kappa shape index (κ1) is 5.65. The second-order valence-corrected chi connectivity index (χ2v) is 2.59. The lowest BCUT2D eigenvalue weighted by atomic mass is 9.58. The van der Waals surface area contributed by atoms with Crippen LogP contribution in [0, 0.1) is 11.3 Å². The van der Waals surface area contributed by atoms with Crippen LogP contribution in [0.1, 0.15) is 12.8 Å². The molecule has 0 aromatic carbocycles. The van der Waals surface area contributed by atoms with E-state index in [1.165, 1.54) is 0 Å². The van der Waals surface area contributed by atoms with Crippen LogP contribution in [-0.2, 0) is 0 Å². The highest BCUT2D eigenvalue weighted by atomic mass is 14.8. The van der Waals surface area contributed by atoms with E-state index >= 15 is 0 Å². The van der Waals surface area contributed by atoms with Crippen LogP contribution in [0.15, 0.2) is 0 Å². The molecule has 0 unspecified atom stereocenters.